The van der Waals surface area contributed by atoms with Crippen LogP contribution in [0.15, 0.2) is 91.1 Å². The fraction of sp³-hybridized carbons (Fsp3) is 0.115. The Morgan fingerprint density at radius 2 is 1.47 bits per heavy atom. The van der Waals surface area contributed by atoms with E-state index in [0.717, 1.165) is 16.8 Å². The lowest BCUT2D eigenvalue weighted by Gasteiger charge is -2.19. The van der Waals surface area contributed by atoms with Crippen molar-refractivity contribution >= 4 is 17.8 Å². The second kappa shape index (κ2) is 9.31. The van der Waals surface area contributed by atoms with Gasteiger partial charge in [-0.25, -0.2) is 4.98 Å². The molecule has 4 rings (SSSR count). The van der Waals surface area contributed by atoms with Gasteiger partial charge in [-0.3, -0.25) is 14.9 Å². The first-order valence-electron chi connectivity index (χ1n) is 10.3. The third-order valence-corrected chi connectivity index (χ3v) is 5.29. The standard InChI is InChI=1S/C26H24N4O2/c1-29(18-19-11-5-3-6-12-19)25(32)22-16-10-9-15-21(22)24(31)28-26-27-17-23(30(26)2)20-13-7-4-8-14-20/h3-17H,18H2,1-2H3,(H,27,28,31). The fourth-order valence-corrected chi connectivity index (χ4v) is 3.57. The van der Waals surface area contributed by atoms with Crippen molar-refractivity contribution < 1.29 is 9.59 Å². The Balaban J connectivity index is 1.54. The van der Waals surface area contributed by atoms with Crippen LogP contribution in [0.1, 0.15) is 26.3 Å². The van der Waals surface area contributed by atoms with Crippen molar-refractivity contribution in [2.24, 2.45) is 7.05 Å². The lowest BCUT2D eigenvalue weighted by Crippen LogP contribution is -2.29. The van der Waals surface area contributed by atoms with Gasteiger partial charge in [0.25, 0.3) is 11.8 Å². The van der Waals surface area contributed by atoms with Crippen LogP contribution in [0.4, 0.5) is 5.95 Å². The van der Waals surface area contributed by atoms with E-state index in [0.29, 0.717) is 23.6 Å². The SMILES string of the molecule is CN(Cc1ccccc1)C(=O)c1ccccc1C(=O)Nc1ncc(-c2ccccc2)n1C. The van der Waals surface area contributed by atoms with E-state index in [1.165, 1.54) is 0 Å². The minimum absolute atomic E-state index is 0.218. The summed E-state index contributed by atoms with van der Waals surface area (Å²) in [6.07, 6.45) is 1.72. The molecule has 1 aromatic heterocycles. The van der Waals surface area contributed by atoms with Gasteiger partial charge >= 0.3 is 0 Å². The minimum atomic E-state index is -0.379. The summed E-state index contributed by atoms with van der Waals surface area (Å²) in [5.41, 5.74) is 3.56. The molecule has 6 nitrogen and oxygen atoms in total. The largest absolute Gasteiger partial charge is 0.337 e. The molecule has 0 bridgehead atoms. The van der Waals surface area contributed by atoms with E-state index in [4.69, 9.17) is 0 Å². The molecule has 0 atom stereocenters. The van der Waals surface area contributed by atoms with Gasteiger partial charge in [-0.2, -0.15) is 0 Å². The average Bonchev–Trinajstić information content (AvgIpc) is 3.19. The molecule has 32 heavy (non-hydrogen) atoms. The van der Waals surface area contributed by atoms with Gasteiger partial charge in [0.15, 0.2) is 0 Å². The topological polar surface area (TPSA) is 67.2 Å². The van der Waals surface area contributed by atoms with Crippen LogP contribution in [-0.4, -0.2) is 33.3 Å². The monoisotopic (exact) mass is 424 g/mol. The highest BCUT2D eigenvalue weighted by Crippen LogP contribution is 2.22. The molecule has 0 aliphatic carbocycles. The normalized spacial score (nSPS) is 10.6. The maximum absolute atomic E-state index is 13.1. The van der Waals surface area contributed by atoms with Crippen LogP contribution in [0.2, 0.25) is 0 Å². The Morgan fingerprint density at radius 3 is 2.16 bits per heavy atom. The first-order valence-corrected chi connectivity index (χ1v) is 10.3. The van der Waals surface area contributed by atoms with E-state index in [1.807, 2.05) is 72.3 Å². The summed E-state index contributed by atoms with van der Waals surface area (Å²) < 4.78 is 1.82. The Labute approximate surface area is 187 Å². The third kappa shape index (κ3) is 4.44. The first kappa shape index (κ1) is 21.1. The molecule has 2 amide bonds. The molecule has 6 heteroatoms. The molecule has 0 fully saturated rings. The molecule has 0 aliphatic rings. The van der Waals surface area contributed by atoms with Crippen molar-refractivity contribution in [3.63, 3.8) is 0 Å². The van der Waals surface area contributed by atoms with Crippen LogP contribution in [0.5, 0.6) is 0 Å². The smallest absolute Gasteiger partial charge is 0.258 e. The van der Waals surface area contributed by atoms with Crippen LogP contribution in [0, 0.1) is 0 Å². The van der Waals surface area contributed by atoms with Gasteiger partial charge in [-0.05, 0) is 23.3 Å². The molecular weight excluding hydrogens is 400 g/mol. The molecule has 0 aliphatic heterocycles. The van der Waals surface area contributed by atoms with Gasteiger partial charge in [0.05, 0.1) is 23.0 Å². The van der Waals surface area contributed by atoms with Crippen molar-refractivity contribution in [2.45, 2.75) is 6.54 Å². The van der Waals surface area contributed by atoms with Gasteiger partial charge in [0.1, 0.15) is 0 Å². The summed E-state index contributed by atoms with van der Waals surface area (Å²) in [5, 5.41) is 2.84. The number of amides is 2. The third-order valence-electron chi connectivity index (χ3n) is 5.29. The number of carbonyl (C=O) groups is 2. The number of nitrogens with zero attached hydrogens (tertiary/aromatic N) is 3. The van der Waals surface area contributed by atoms with Crippen LogP contribution in [0.25, 0.3) is 11.3 Å². The lowest BCUT2D eigenvalue weighted by atomic mass is 10.1. The predicted octanol–water partition coefficient (Wildman–Crippen LogP) is 4.61. The zero-order chi connectivity index (χ0) is 22.5. The van der Waals surface area contributed by atoms with Gasteiger partial charge < -0.3 is 9.47 Å². The fourth-order valence-electron chi connectivity index (χ4n) is 3.57. The Morgan fingerprint density at radius 1 is 0.875 bits per heavy atom. The van der Waals surface area contributed by atoms with E-state index in [-0.39, 0.29) is 11.8 Å². The predicted molar refractivity (Wildman–Crippen MR) is 125 cm³/mol. The van der Waals surface area contributed by atoms with E-state index in [1.54, 1.807) is 42.4 Å². The maximum atomic E-state index is 13.1. The van der Waals surface area contributed by atoms with Gasteiger partial charge in [0.2, 0.25) is 5.95 Å². The van der Waals surface area contributed by atoms with E-state index in [9.17, 15) is 9.59 Å². The lowest BCUT2D eigenvalue weighted by molar-refractivity contribution is 0.0780. The summed E-state index contributed by atoms with van der Waals surface area (Å²) in [5.74, 6) is -0.187. The van der Waals surface area contributed by atoms with Crippen LogP contribution >= 0.6 is 0 Å². The molecule has 1 heterocycles. The molecule has 0 spiro atoms. The number of benzene rings is 3. The molecule has 0 radical (unpaired) electrons. The Bertz CT molecular complexity index is 1230. The molecule has 4 aromatic rings. The second-order valence-electron chi connectivity index (χ2n) is 7.54. The number of anilines is 1. The number of nitrogens with one attached hydrogen (secondary N) is 1. The van der Waals surface area contributed by atoms with Crippen molar-refractivity contribution in [2.75, 3.05) is 12.4 Å². The summed E-state index contributed by atoms with van der Waals surface area (Å²) >= 11 is 0. The quantitative estimate of drug-likeness (QED) is 0.491. The number of carbonyl (C=O) groups excluding carboxylic acids is 2. The summed E-state index contributed by atoms with van der Waals surface area (Å²) in [4.78, 5) is 32.2. The summed E-state index contributed by atoms with van der Waals surface area (Å²) in [6, 6.07) is 26.4. The zero-order valence-corrected chi connectivity index (χ0v) is 18.0. The van der Waals surface area contributed by atoms with Crippen LogP contribution < -0.4 is 5.32 Å². The van der Waals surface area contributed by atoms with Crippen LogP contribution in [0.3, 0.4) is 0 Å². The van der Waals surface area contributed by atoms with E-state index in [2.05, 4.69) is 10.3 Å². The molecule has 0 saturated carbocycles. The summed E-state index contributed by atoms with van der Waals surface area (Å²) in [6.45, 7) is 0.454. The molecule has 3 aromatic carbocycles. The number of hydrogen-bond acceptors (Lipinski definition) is 3. The molecule has 160 valence electrons. The second-order valence-corrected chi connectivity index (χ2v) is 7.54. The van der Waals surface area contributed by atoms with Crippen molar-refractivity contribution in [3.05, 3.63) is 108 Å². The Kier molecular flexibility index (Phi) is 6.12. The maximum Gasteiger partial charge on any atom is 0.258 e. The van der Waals surface area contributed by atoms with Gasteiger partial charge in [0, 0.05) is 20.6 Å². The molecule has 1 N–H and O–H groups in total. The number of imidazole rings is 1. The minimum Gasteiger partial charge on any atom is -0.337 e. The first-order chi connectivity index (χ1) is 15.5. The number of rotatable bonds is 6. The van der Waals surface area contributed by atoms with Crippen molar-refractivity contribution in [1.82, 2.24) is 14.5 Å². The molecular formula is C26H24N4O2. The highest BCUT2D eigenvalue weighted by molar-refractivity contribution is 6.11. The van der Waals surface area contributed by atoms with Crippen molar-refractivity contribution in [3.8, 4) is 11.3 Å². The number of hydrogen-bond donors (Lipinski definition) is 1. The zero-order valence-electron chi connectivity index (χ0n) is 18.0. The number of aromatic nitrogens is 2. The van der Waals surface area contributed by atoms with Gasteiger partial charge in [-0.1, -0.05) is 72.8 Å². The molecule has 0 unspecified atom stereocenters. The van der Waals surface area contributed by atoms with Crippen molar-refractivity contribution in [1.29, 1.82) is 0 Å². The summed E-state index contributed by atoms with van der Waals surface area (Å²) in [7, 11) is 3.57. The Hall–Kier alpha value is -4.19. The highest BCUT2D eigenvalue weighted by atomic mass is 16.2. The highest BCUT2D eigenvalue weighted by Gasteiger charge is 2.21. The van der Waals surface area contributed by atoms with Crippen LogP contribution in [-0.2, 0) is 13.6 Å². The van der Waals surface area contributed by atoms with E-state index >= 15 is 0 Å². The van der Waals surface area contributed by atoms with E-state index < -0.39 is 0 Å². The molecule has 0 saturated heterocycles. The van der Waals surface area contributed by atoms with Gasteiger partial charge in [-0.15, -0.1) is 0 Å². The average molecular weight is 425 g/mol.